The highest BCUT2D eigenvalue weighted by molar-refractivity contribution is 6.43. The summed E-state index contributed by atoms with van der Waals surface area (Å²) in [5, 5.41) is 24.8. The Hall–Kier alpha value is -3.57. The summed E-state index contributed by atoms with van der Waals surface area (Å²) in [7, 11) is -0.248. The van der Waals surface area contributed by atoms with Crippen LogP contribution in [0.25, 0.3) is 0 Å². The zero-order valence-electron chi connectivity index (χ0n) is 17.9. The van der Waals surface area contributed by atoms with Crippen molar-refractivity contribution in [3.8, 4) is 0 Å². The first kappa shape index (κ1) is 24.7. The Balaban J connectivity index is 1.92. The molecule has 32 heavy (non-hydrogen) atoms. The van der Waals surface area contributed by atoms with E-state index in [2.05, 4.69) is 15.6 Å². The Morgan fingerprint density at radius 1 is 1.09 bits per heavy atom. The van der Waals surface area contributed by atoms with Crippen molar-refractivity contribution in [1.82, 2.24) is 10.2 Å². The van der Waals surface area contributed by atoms with E-state index < -0.39 is 19.0 Å². The largest absolute Gasteiger partial charge is 0.475 e. The molecule has 1 unspecified atom stereocenters. The van der Waals surface area contributed by atoms with Gasteiger partial charge in [0.15, 0.2) is 5.96 Å². The predicted molar refractivity (Wildman–Crippen MR) is 125 cm³/mol. The molecule has 0 heterocycles. The third-order valence-electron chi connectivity index (χ3n) is 4.57. The van der Waals surface area contributed by atoms with Crippen LogP contribution in [-0.4, -0.2) is 65.9 Å². The number of hydrogen-bond donors (Lipinski definition) is 6. The molecule has 0 aliphatic carbocycles. The number of guanidine groups is 1. The van der Waals surface area contributed by atoms with Gasteiger partial charge in [0, 0.05) is 30.5 Å². The second-order valence-electron chi connectivity index (χ2n) is 7.27. The number of carbonyl (C=O) groups is 2. The van der Waals surface area contributed by atoms with Gasteiger partial charge in [0.25, 0.3) is 5.91 Å². The van der Waals surface area contributed by atoms with Crippen LogP contribution in [0.5, 0.6) is 0 Å². The van der Waals surface area contributed by atoms with Crippen LogP contribution >= 0.6 is 0 Å². The van der Waals surface area contributed by atoms with Gasteiger partial charge >= 0.3 is 7.12 Å². The number of amides is 2. The Bertz CT molecular complexity index is 922. The van der Waals surface area contributed by atoms with Crippen LogP contribution in [0.2, 0.25) is 0 Å². The molecule has 0 bridgehead atoms. The lowest BCUT2D eigenvalue weighted by Crippen LogP contribution is -2.49. The molecule has 0 aromatic heterocycles. The summed E-state index contributed by atoms with van der Waals surface area (Å²) in [5.41, 5.74) is 12.5. The number of carbonyl (C=O) groups excluding carboxylic acids is 2. The average molecular weight is 440 g/mol. The van der Waals surface area contributed by atoms with Crippen molar-refractivity contribution in [2.75, 3.05) is 25.5 Å². The summed E-state index contributed by atoms with van der Waals surface area (Å²) < 4.78 is 0. The van der Waals surface area contributed by atoms with Crippen LogP contribution < -0.4 is 22.1 Å². The maximum atomic E-state index is 12.8. The number of aliphatic imine (C=N–C) groups is 1. The minimum Gasteiger partial charge on any atom is -0.426 e. The molecule has 10 nitrogen and oxygen atoms in total. The number of para-hydroxylation sites is 1. The normalized spacial score (nSPS) is 11.2. The molecule has 2 aromatic carbocycles. The highest BCUT2D eigenvalue weighted by Gasteiger charge is 2.26. The summed E-state index contributed by atoms with van der Waals surface area (Å²) in [5.74, 6) is -1.82. The first-order valence-electron chi connectivity index (χ1n) is 10.1. The van der Waals surface area contributed by atoms with Crippen LogP contribution in [0, 0.1) is 0 Å². The van der Waals surface area contributed by atoms with Gasteiger partial charge in [-0.1, -0.05) is 24.3 Å². The average Bonchev–Trinajstić information content (AvgIpc) is 2.75. The van der Waals surface area contributed by atoms with Crippen molar-refractivity contribution in [3.05, 3.63) is 60.2 Å². The molecule has 0 spiro atoms. The van der Waals surface area contributed by atoms with Gasteiger partial charge in [-0.15, -0.1) is 0 Å². The van der Waals surface area contributed by atoms with Gasteiger partial charge in [-0.2, -0.15) is 0 Å². The van der Waals surface area contributed by atoms with Gasteiger partial charge in [-0.05, 0) is 43.2 Å². The van der Waals surface area contributed by atoms with Gasteiger partial charge < -0.3 is 37.0 Å². The monoisotopic (exact) mass is 440 g/mol. The minimum absolute atomic E-state index is 0.0571. The fourth-order valence-corrected chi connectivity index (χ4v) is 2.99. The van der Waals surface area contributed by atoms with Gasteiger partial charge in [0.1, 0.15) is 0 Å². The molecular formula is C21H29BN6O4. The molecule has 0 saturated carbocycles. The molecule has 0 radical (unpaired) electrons. The lowest BCUT2D eigenvalue weighted by atomic mass is 9.76. The molecule has 0 saturated heterocycles. The summed E-state index contributed by atoms with van der Waals surface area (Å²) in [4.78, 5) is 30.2. The third kappa shape index (κ3) is 8.28. The second-order valence-corrected chi connectivity index (χ2v) is 7.27. The number of nitrogens with two attached hydrogens (primary N) is 2. The quantitative estimate of drug-likeness (QED) is 0.124. The van der Waals surface area contributed by atoms with Crippen molar-refractivity contribution < 1.29 is 19.6 Å². The molecule has 2 aromatic rings. The predicted octanol–water partition coefficient (Wildman–Crippen LogP) is 0.0526. The van der Waals surface area contributed by atoms with E-state index in [9.17, 15) is 19.6 Å². The van der Waals surface area contributed by atoms with Crippen molar-refractivity contribution in [3.63, 3.8) is 0 Å². The molecule has 11 heteroatoms. The molecule has 2 amide bonds. The Labute approximate surface area is 187 Å². The summed E-state index contributed by atoms with van der Waals surface area (Å²) >= 11 is 0. The second kappa shape index (κ2) is 12.3. The van der Waals surface area contributed by atoms with E-state index in [4.69, 9.17) is 11.5 Å². The Morgan fingerprint density at radius 2 is 1.78 bits per heavy atom. The van der Waals surface area contributed by atoms with Gasteiger partial charge in [0.05, 0.1) is 12.5 Å². The topological polar surface area (TPSA) is 166 Å². The van der Waals surface area contributed by atoms with E-state index in [1.54, 1.807) is 18.2 Å². The number of benzene rings is 2. The number of hydrogen-bond acceptors (Lipinski definition) is 6. The fraction of sp³-hybridized carbons (Fsp3) is 0.286. The van der Waals surface area contributed by atoms with Crippen molar-refractivity contribution in [2.45, 2.75) is 18.8 Å². The first-order chi connectivity index (χ1) is 15.3. The SMILES string of the molecule is CN(CC(=O)NC(CCCN=C(N)N)B(O)O)C(=O)c1cccc(Nc2ccccc2)c1. The van der Waals surface area contributed by atoms with Crippen LogP contribution in [0.1, 0.15) is 23.2 Å². The highest BCUT2D eigenvalue weighted by atomic mass is 16.4. The van der Waals surface area contributed by atoms with Gasteiger partial charge in [-0.25, -0.2) is 0 Å². The number of rotatable bonds is 11. The first-order valence-corrected chi connectivity index (χ1v) is 10.1. The van der Waals surface area contributed by atoms with E-state index in [1.807, 2.05) is 36.4 Å². The van der Waals surface area contributed by atoms with Gasteiger partial charge in [-0.3, -0.25) is 14.6 Å². The molecule has 0 aliphatic heterocycles. The molecule has 1 atom stereocenters. The van der Waals surface area contributed by atoms with Crippen LogP contribution in [0.15, 0.2) is 59.6 Å². The fourth-order valence-electron chi connectivity index (χ4n) is 2.99. The molecule has 0 fully saturated rings. The summed E-state index contributed by atoms with van der Waals surface area (Å²) in [6, 6.07) is 16.5. The molecule has 0 aliphatic rings. The number of likely N-dealkylation sites (N-methyl/N-ethyl adjacent to an activating group) is 1. The zero-order chi connectivity index (χ0) is 23.5. The van der Waals surface area contributed by atoms with E-state index in [0.29, 0.717) is 18.5 Å². The number of nitrogens with zero attached hydrogens (tertiary/aromatic N) is 2. The van der Waals surface area contributed by atoms with E-state index in [0.717, 1.165) is 11.4 Å². The highest BCUT2D eigenvalue weighted by Crippen LogP contribution is 2.18. The van der Waals surface area contributed by atoms with Crippen LogP contribution in [0.4, 0.5) is 11.4 Å². The van der Waals surface area contributed by atoms with Crippen LogP contribution in [0.3, 0.4) is 0 Å². The summed E-state index contributed by atoms with van der Waals surface area (Å²) in [6.45, 7) is 0.0550. The lowest BCUT2D eigenvalue weighted by Gasteiger charge is -2.21. The smallest absolute Gasteiger partial charge is 0.426 e. The Morgan fingerprint density at radius 3 is 2.44 bits per heavy atom. The summed E-state index contributed by atoms with van der Waals surface area (Å²) in [6.07, 6.45) is 0.696. The molecule has 170 valence electrons. The van der Waals surface area contributed by atoms with E-state index >= 15 is 0 Å². The molecule has 8 N–H and O–H groups in total. The lowest BCUT2D eigenvalue weighted by molar-refractivity contribution is -0.122. The van der Waals surface area contributed by atoms with Crippen molar-refractivity contribution in [1.29, 1.82) is 0 Å². The minimum atomic E-state index is -1.75. The molecular weight excluding hydrogens is 411 g/mol. The van der Waals surface area contributed by atoms with Crippen LogP contribution in [-0.2, 0) is 4.79 Å². The standard InChI is InChI=1S/C21H29BN6O4/c1-28(14-19(29)27-18(22(31)32)11-6-12-25-21(23)24)20(30)15-7-5-10-17(13-15)26-16-8-3-2-4-9-16/h2-5,7-10,13,18,26,31-32H,6,11-12,14H2,1H3,(H,27,29)(H4,23,24,25). The molecule has 2 rings (SSSR count). The number of nitrogens with one attached hydrogen (secondary N) is 2. The maximum absolute atomic E-state index is 12.8. The maximum Gasteiger partial charge on any atom is 0.475 e. The van der Waals surface area contributed by atoms with Crippen molar-refractivity contribution in [2.24, 2.45) is 16.5 Å². The zero-order valence-corrected chi connectivity index (χ0v) is 17.9. The Kier molecular flexibility index (Phi) is 9.52. The van der Waals surface area contributed by atoms with Gasteiger partial charge in [0.2, 0.25) is 5.91 Å². The third-order valence-corrected chi connectivity index (χ3v) is 4.57. The number of anilines is 2. The van der Waals surface area contributed by atoms with E-state index in [1.165, 1.54) is 11.9 Å². The van der Waals surface area contributed by atoms with Crippen molar-refractivity contribution >= 4 is 36.3 Å². The van der Waals surface area contributed by atoms with E-state index in [-0.39, 0.29) is 24.8 Å².